The Kier molecular flexibility index (Phi) is 4.72. The molecule has 0 unspecified atom stereocenters. The van der Waals surface area contributed by atoms with Crippen LogP contribution in [0.15, 0.2) is 29.2 Å². The zero-order chi connectivity index (χ0) is 9.19. The molecular formula is C8H9LiO3S. The largest absolute Gasteiger partial charge is 1.00 e. The van der Waals surface area contributed by atoms with Gasteiger partial charge in [-0.05, 0) is 24.1 Å². The van der Waals surface area contributed by atoms with Gasteiger partial charge < -0.3 is 4.55 Å². The van der Waals surface area contributed by atoms with Gasteiger partial charge in [-0.3, -0.25) is 0 Å². The molecule has 0 heterocycles. The summed E-state index contributed by atoms with van der Waals surface area (Å²) in [6.45, 7) is 1.96. The first-order valence-corrected chi connectivity index (χ1v) is 4.99. The molecule has 0 amide bonds. The van der Waals surface area contributed by atoms with Crippen molar-refractivity contribution in [1.29, 1.82) is 0 Å². The second-order valence-corrected chi connectivity index (χ2v) is 3.83. The van der Waals surface area contributed by atoms with Gasteiger partial charge in [-0.15, -0.1) is 0 Å². The predicted octanol–water partition coefficient (Wildman–Crippen LogP) is -1.84. The fourth-order valence-electron chi connectivity index (χ4n) is 0.892. The van der Waals surface area contributed by atoms with Gasteiger partial charge in [0.1, 0.15) is 10.1 Å². The predicted molar refractivity (Wildman–Crippen MR) is 43.8 cm³/mol. The molecule has 66 valence electrons. The van der Waals surface area contributed by atoms with Crippen LogP contribution in [0.4, 0.5) is 0 Å². The number of hydrogen-bond donors (Lipinski definition) is 0. The molecule has 0 spiro atoms. The van der Waals surface area contributed by atoms with Gasteiger partial charge in [0.25, 0.3) is 0 Å². The standard InChI is InChI=1S/C8H10O3S.Li/c1-2-7-3-5-8(6-4-7)12(9,10)11;/h3-6H,2H2,1H3,(H,9,10,11);/q;+1/p-1. The van der Waals surface area contributed by atoms with Crippen LogP contribution in [-0.4, -0.2) is 13.0 Å². The minimum Gasteiger partial charge on any atom is -0.744 e. The fraction of sp³-hybridized carbons (Fsp3) is 0.250. The van der Waals surface area contributed by atoms with E-state index in [0.29, 0.717) is 0 Å². The van der Waals surface area contributed by atoms with E-state index in [1.54, 1.807) is 12.1 Å². The number of hydrogen-bond acceptors (Lipinski definition) is 3. The Bertz CT molecular complexity index is 355. The van der Waals surface area contributed by atoms with Crippen molar-refractivity contribution in [2.45, 2.75) is 18.2 Å². The third-order valence-corrected chi connectivity index (χ3v) is 2.47. The minimum absolute atomic E-state index is 0. The van der Waals surface area contributed by atoms with Crippen molar-refractivity contribution in [3.05, 3.63) is 29.8 Å². The molecule has 0 bridgehead atoms. The molecule has 5 heteroatoms. The summed E-state index contributed by atoms with van der Waals surface area (Å²) in [6.07, 6.45) is 0.833. The summed E-state index contributed by atoms with van der Waals surface area (Å²) in [5, 5.41) is 0. The molecule has 0 aliphatic heterocycles. The Hall–Kier alpha value is -0.273. The van der Waals surface area contributed by atoms with E-state index in [-0.39, 0.29) is 23.8 Å². The fourth-order valence-corrected chi connectivity index (χ4v) is 1.36. The van der Waals surface area contributed by atoms with Gasteiger partial charge in [-0.2, -0.15) is 0 Å². The van der Waals surface area contributed by atoms with Gasteiger partial charge in [0, 0.05) is 0 Å². The molecule has 1 rings (SSSR count). The zero-order valence-corrected chi connectivity index (χ0v) is 8.47. The summed E-state index contributed by atoms with van der Waals surface area (Å²) in [4.78, 5) is -0.167. The van der Waals surface area contributed by atoms with Crippen LogP contribution in [0.25, 0.3) is 0 Å². The summed E-state index contributed by atoms with van der Waals surface area (Å²) in [7, 11) is -4.28. The van der Waals surface area contributed by atoms with Crippen LogP contribution in [0.1, 0.15) is 12.5 Å². The first-order valence-electron chi connectivity index (χ1n) is 3.59. The van der Waals surface area contributed by atoms with E-state index in [2.05, 4.69) is 0 Å². The van der Waals surface area contributed by atoms with E-state index < -0.39 is 10.1 Å². The van der Waals surface area contributed by atoms with Crippen LogP contribution >= 0.6 is 0 Å². The molecule has 0 radical (unpaired) electrons. The van der Waals surface area contributed by atoms with Crippen LogP contribution in [0.2, 0.25) is 0 Å². The van der Waals surface area contributed by atoms with Crippen LogP contribution in [0, 0.1) is 0 Å². The van der Waals surface area contributed by atoms with E-state index >= 15 is 0 Å². The average Bonchev–Trinajstić information content (AvgIpc) is 2.03. The second-order valence-electron chi connectivity index (χ2n) is 2.45. The Labute approximate surface area is 90.1 Å². The number of aryl methyl sites for hydroxylation is 1. The summed E-state index contributed by atoms with van der Waals surface area (Å²) in [6, 6.07) is 5.96. The second kappa shape index (κ2) is 4.82. The molecule has 13 heavy (non-hydrogen) atoms. The normalized spacial score (nSPS) is 10.6. The SMILES string of the molecule is CCc1ccc(S(=O)(=O)[O-])cc1.[Li+]. The van der Waals surface area contributed by atoms with Crippen LogP contribution in [0.5, 0.6) is 0 Å². The van der Waals surface area contributed by atoms with E-state index in [4.69, 9.17) is 0 Å². The van der Waals surface area contributed by atoms with E-state index in [9.17, 15) is 13.0 Å². The van der Waals surface area contributed by atoms with Gasteiger partial charge >= 0.3 is 18.9 Å². The molecule has 1 aromatic carbocycles. The van der Waals surface area contributed by atoms with Gasteiger partial charge in [0.2, 0.25) is 0 Å². The monoisotopic (exact) mass is 192 g/mol. The first kappa shape index (κ1) is 12.7. The van der Waals surface area contributed by atoms with Gasteiger partial charge in [-0.25, -0.2) is 8.42 Å². The molecule has 1 aromatic rings. The van der Waals surface area contributed by atoms with E-state index in [1.165, 1.54) is 12.1 Å². The smallest absolute Gasteiger partial charge is 0.744 e. The maximum Gasteiger partial charge on any atom is 1.00 e. The minimum atomic E-state index is -4.28. The average molecular weight is 192 g/mol. The summed E-state index contributed by atoms with van der Waals surface area (Å²) in [5.41, 5.74) is 1.02. The molecular weight excluding hydrogens is 183 g/mol. The topological polar surface area (TPSA) is 57.2 Å². The van der Waals surface area contributed by atoms with Gasteiger partial charge in [0.05, 0.1) is 4.90 Å². The molecule has 0 aromatic heterocycles. The third kappa shape index (κ3) is 3.53. The van der Waals surface area contributed by atoms with Gasteiger partial charge in [-0.1, -0.05) is 19.1 Å². The Morgan fingerprint density at radius 2 is 1.69 bits per heavy atom. The quantitative estimate of drug-likeness (QED) is 0.408. The maximum atomic E-state index is 10.5. The zero-order valence-electron chi connectivity index (χ0n) is 7.65. The number of benzene rings is 1. The van der Waals surface area contributed by atoms with Crippen LogP contribution in [-0.2, 0) is 16.5 Å². The van der Waals surface area contributed by atoms with Crippen molar-refractivity contribution in [3.8, 4) is 0 Å². The van der Waals surface area contributed by atoms with Gasteiger partial charge in [0.15, 0.2) is 0 Å². The first-order chi connectivity index (χ1) is 5.54. The van der Waals surface area contributed by atoms with Crippen molar-refractivity contribution in [2.75, 3.05) is 0 Å². The van der Waals surface area contributed by atoms with Crippen LogP contribution < -0.4 is 18.9 Å². The molecule has 0 saturated heterocycles. The van der Waals surface area contributed by atoms with Crippen molar-refractivity contribution in [2.24, 2.45) is 0 Å². The van der Waals surface area contributed by atoms with Crippen molar-refractivity contribution >= 4 is 10.1 Å². The van der Waals surface area contributed by atoms with Crippen LogP contribution in [0.3, 0.4) is 0 Å². The molecule has 0 aliphatic carbocycles. The van der Waals surface area contributed by atoms with E-state index in [0.717, 1.165) is 12.0 Å². The Morgan fingerprint density at radius 3 is 2.00 bits per heavy atom. The Morgan fingerprint density at radius 1 is 1.23 bits per heavy atom. The molecule has 0 aliphatic rings. The van der Waals surface area contributed by atoms with Crippen molar-refractivity contribution < 1.29 is 31.8 Å². The summed E-state index contributed by atoms with van der Waals surface area (Å²) in [5.74, 6) is 0. The third-order valence-electron chi connectivity index (χ3n) is 1.62. The summed E-state index contributed by atoms with van der Waals surface area (Å²) >= 11 is 0. The van der Waals surface area contributed by atoms with Crippen molar-refractivity contribution in [1.82, 2.24) is 0 Å². The molecule has 0 atom stereocenters. The van der Waals surface area contributed by atoms with Crippen molar-refractivity contribution in [3.63, 3.8) is 0 Å². The number of rotatable bonds is 2. The molecule has 3 nitrogen and oxygen atoms in total. The maximum absolute atomic E-state index is 10.5. The molecule has 0 saturated carbocycles. The summed E-state index contributed by atoms with van der Waals surface area (Å²) < 4.78 is 31.4. The molecule has 0 fully saturated rings. The van der Waals surface area contributed by atoms with E-state index in [1.807, 2.05) is 6.92 Å². The Balaban J connectivity index is 0.00000144. The molecule has 0 N–H and O–H groups in total.